The molecule has 0 aromatic heterocycles. The van der Waals surface area contributed by atoms with Crippen LogP contribution in [0, 0.1) is 0 Å². The van der Waals surface area contributed by atoms with Crippen LogP contribution in [0.5, 0.6) is 0 Å². The number of hydrogen-bond acceptors (Lipinski definition) is 4. The summed E-state index contributed by atoms with van der Waals surface area (Å²) in [5.41, 5.74) is 5.88. The molecule has 0 bridgehead atoms. The normalized spacial score (nSPS) is 24.6. The molecule has 96 valence electrons. The first-order valence-corrected chi connectivity index (χ1v) is 7.75. The van der Waals surface area contributed by atoms with Crippen LogP contribution in [-0.2, 0) is 4.74 Å². The van der Waals surface area contributed by atoms with E-state index in [0.717, 1.165) is 32.7 Å². The topological polar surface area (TPSA) is 38.5 Å². The summed E-state index contributed by atoms with van der Waals surface area (Å²) in [5, 5.41) is 0. The maximum Gasteiger partial charge on any atom is 0.0700 e. The molecule has 3 nitrogen and oxygen atoms in total. The second-order valence-corrected chi connectivity index (χ2v) is 5.41. The van der Waals surface area contributed by atoms with Crippen molar-refractivity contribution >= 4 is 11.8 Å². The summed E-state index contributed by atoms with van der Waals surface area (Å²) in [4.78, 5) is 2.53. The molecular weight excluding hydrogens is 220 g/mol. The molecule has 0 amide bonds. The van der Waals surface area contributed by atoms with Gasteiger partial charge in [-0.25, -0.2) is 0 Å². The summed E-state index contributed by atoms with van der Waals surface area (Å²) in [6.07, 6.45) is 6.20. The zero-order chi connectivity index (χ0) is 11.8. The zero-order valence-corrected chi connectivity index (χ0v) is 11.5. The number of thioether (sulfide) groups is 1. The fraction of sp³-hybridized carbons (Fsp3) is 1.00. The van der Waals surface area contributed by atoms with Gasteiger partial charge in [-0.3, -0.25) is 4.90 Å². The number of morpholine rings is 1. The third-order valence-corrected chi connectivity index (χ3v) is 4.00. The first-order chi connectivity index (χ1) is 7.81. The Morgan fingerprint density at radius 2 is 2.38 bits per heavy atom. The van der Waals surface area contributed by atoms with Crippen LogP contribution in [0.3, 0.4) is 0 Å². The summed E-state index contributed by atoms with van der Waals surface area (Å²) in [7, 11) is 0. The van der Waals surface area contributed by atoms with E-state index in [1.54, 1.807) is 0 Å². The van der Waals surface area contributed by atoms with Crippen LogP contribution in [0.2, 0.25) is 0 Å². The fourth-order valence-corrected chi connectivity index (χ4v) is 2.69. The molecule has 0 radical (unpaired) electrons. The van der Waals surface area contributed by atoms with Crippen molar-refractivity contribution in [1.82, 2.24) is 4.90 Å². The van der Waals surface area contributed by atoms with Crippen molar-refractivity contribution in [3.8, 4) is 0 Å². The van der Waals surface area contributed by atoms with E-state index in [4.69, 9.17) is 10.5 Å². The van der Waals surface area contributed by atoms with Gasteiger partial charge in [-0.15, -0.1) is 0 Å². The Kier molecular flexibility index (Phi) is 7.45. The monoisotopic (exact) mass is 246 g/mol. The van der Waals surface area contributed by atoms with Gasteiger partial charge in [0.1, 0.15) is 0 Å². The van der Waals surface area contributed by atoms with Crippen molar-refractivity contribution in [2.45, 2.75) is 38.3 Å². The maximum absolute atomic E-state index is 5.88. The first-order valence-electron chi connectivity index (χ1n) is 6.36. The van der Waals surface area contributed by atoms with E-state index in [0.29, 0.717) is 12.1 Å². The molecule has 2 atom stereocenters. The lowest BCUT2D eigenvalue weighted by Crippen LogP contribution is -2.50. The molecule has 2 unspecified atom stereocenters. The summed E-state index contributed by atoms with van der Waals surface area (Å²) in [6, 6.07) is 0.560. The number of nitrogens with zero attached hydrogens (tertiary/aromatic N) is 1. The molecule has 1 heterocycles. The van der Waals surface area contributed by atoms with Crippen molar-refractivity contribution in [2.24, 2.45) is 5.73 Å². The highest BCUT2D eigenvalue weighted by Crippen LogP contribution is 2.15. The average molecular weight is 246 g/mol. The van der Waals surface area contributed by atoms with E-state index >= 15 is 0 Å². The molecule has 0 aromatic rings. The van der Waals surface area contributed by atoms with E-state index in [9.17, 15) is 0 Å². The average Bonchev–Trinajstić information content (AvgIpc) is 2.35. The van der Waals surface area contributed by atoms with Crippen LogP contribution >= 0.6 is 11.8 Å². The molecule has 1 aliphatic heterocycles. The third kappa shape index (κ3) is 4.62. The molecule has 1 fully saturated rings. The van der Waals surface area contributed by atoms with Gasteiger partial charge in [-0.2, -0.15) is 11.8 Å². The van der Waals surface area contributed by atoms with E-state index in [1.165, 1.54) is 18.6 Å². The fourth-order valence-electron chi connectivity index (χ4n) is 2.23. The molecule has 2 N–H and O–H groups in total. The third-order valence-electron chi connectivity index (χ3n) is 3.30. The summed E-state index contributed by atoms with van der Waals surface area (Å²) < 4.78 is 5.69. The Morgan fingerprint density at radius 1 is 1.56 bits per heavy atom. The van der Waals surface area contributed by atoms with Gasteiger partial charge in [-0.1, -0.05) is 6.92 Å². The van der Waals surface area contributed by atoms with Gasteiger partial charge in [0, 0.05) is 25.7 Å². The minimum atomic E-state index is 0.420. The van der Waals surface area contributed by atoms with E-state index in [2.05, 4.69) is 18.1 Å². The Hall–Kier alpha value is 0.230. The second-order valence-electron chi connectivity index (χ2n) is 4.42. The van der Waals surface area contributed by atoms with Crippen molar-refractivity contribution in [2.75, 3.05) is 38.2 Å². The van der Waals surface area contributed by atoms with Gasteiger partial charge >= 0.3 is 0 Å². The van der Waals surface area contributed by atoms with Gasteiger partial charge < -0.3 is 10.5 Å². The van der Waals surface area contributed by atoms with Crippen LogP contribution in [0.1, 0.15) is 26.2 Å². The van der Waals surface area contributed by atoms with Gasteiger partial charge in [0.2, 0.25) is 0 Å². The minimum absolute atomic E-state index is 0.420. The predicted molar refractivity (Wildman–Crippen MR) is 72.1 cm³/mol. The Balaban J connectivity index is 2.32. The predicted octanol–water partition coefficient (Wildman–Crippen LogP) is 1.57. The Labute approximate surface area is 104 Å². The summed E-state index contributed by atoms with van der Waals surface area (Å²) >= 11 is 1.92. The molecule has 4 heteroatoms. The molecule has 1 aliphatic rings. The Morgan fingerprint density at radius 3 is 3.00 bits per heavy atom. The quantitative estimate of drug-likeness (QED) is 0.692. The van der Waals surface area contributed by atoms with E-state index in [-0.39, 0.29) is 0 Å². The van der Waals surface area contributed by atoms with Crippen LogP contribution in [0.4, 0.5) is 0 Å². The molecule has 0 aromatic carbocycles. The van der Waals surface area contributed by atoms with Crippen molar-refractivity contribution < 1.29 is 4.74 Å². The molecular formula is C12H26N2OS. The lowest BCUT2D eigenvalue weighted by atomic mass is 10.1. The molecule has 0 saturated carbocycles. The first kappa shape index (κ1) is 14.3. The standard InChI is InChI=1S/C12H26N2OS/c1-3-12-10-14(6-7-15-12)11(9-13)5-4-8-16-2/h11-12H,3-10,13H2,1-2H3. The van der Waals surface area contributed by atoms with Crippen LogP contribution < -0.4 is 5.73 Å². The van der Waals surface area contributed by atoms with Crippen LogP contribution in [-0.4, -0.2) is 55.3 Å². The largest absolute Gasteiger partial charge is 0.376 e. The second kappa shape index (κ2) is 8.34. The Bertz CT molecular complexity index is 180. The maximum atomic E-state index is 5.88. The number of nitrogens with two attached hydrogens (primary N) is 1. The van der Waals surface area contributed by atoms with Crippen LogP contribution in [0.15, 0.2) is 0 Å². The van der Waals surface area contributed by atoms with Crippen LogP contribution in [0.25, 0.3) is 0 Å². The smallest absolute Gasteiger partial charge is 0.0700 e. The summed E-state index contributed by atoms with van der Waals surface area (Å²) in [6.45, 7) is 5.97. The van der Waals surface area contributed by atoms with E-state index in [1.807, 2.05) is 11.8 Å². The van der Waals surface area contributed by atoms with Gasteiger partial charge in [0.05, 0.1) is 12.7 Å². The molecule has 16 heavy (non-hydrogen) atoms. The molecule has 0 spiro atoms. The number of rotatable bonds is 7. The highest BCUT2D eigenvalue weighted by molar-refractivity contribution is 7.98. The SMILES string of the molecule is CCC1CN(C(CN)CCCSC)CCO1. The van der Waals surface area contributed by atoms with Crippen molar-refractivity contribution in [3.63, 3.8) is 0 Å². The van der Waals surface area contributed by atoms with Crippen molar-refractivity contribution in [1.29, 1.82) is 0 Å². The molecule has 1 rings (SSSR count). The molecule has 0 aliphatic carbocycles. The van der Waals surface area contributed by atoms with E-state index < -0.39 is 0 Å². The number of hydrogen-bond donors (Lipinski definition) is 1. The van der Waals surface area contributed by atoms with Gasteiger partial charge in [-0.05, 0) is 31.3 Å². The number of ether oxygens (including phenoxy) is 1. The van der Waals surface area contributed by atoms with Gasteiger partial charge in [0.25, 0.3) is 0 Å². The van der Waals surface area contributed by atoms with Gasteiger partial charge in [0.15, 0.2) is 0 Å². The zero-order valence-electron chi connectivity index (χ0n) is 10.7. The lowest BCUT2D eigenvalue weighted by Gasteiger charge is -2.37. The lowest BCUT2D eigenvalue weighted by molar-refractivity contribution is -0.0442. The molecule has 1 saturated heterocycles. The highest BCUT2D eigenvalue weighted by atomic mass is 32.2. The summed E-state index contributed by atoms with van der Waals surface area (Å²) in [5.74, 6) is 1.25. The van der Waals surface area contributed by atoms with Crippen molar-refractivity contribution in [3.05, 3.63) is 0 Å². The minimum Gasteiger partial charge on any atom is -0.376 e. The highest BCUT2D eigenvalue weighted by Gasteiger charge is 2.24.